The van der Waals surface area contributed by atoms with E-state index in [0.29, 0.717) is 19.3 Å². The molecule has 10 heteroatoms. The van der Waals surface area contributed by atoms with Gasteiger partial charge in [0.2, 0.25) is 0 Å². The highest BCUT2D eigenvalue weighted by Gasteiger charge is 2.42. The van der Waals surface area contributed by atoms with Crippen LogP contribution in [-0.2, 0) is 18.8 Å². The van der Waals surface area contributed by atoms with Crippen LogP contribution in [0.4, 0.5) is 10.5 Å². The number of cyclic esters (lactones) is 1. The van der Waals surface area contributed by atoms with Crippen LogP contribution < -0.4 is 4.74 Å². The van der Waals surface area contributed by atoms with Gasteiger partial charge in [-0.15, -0.1) is 0 Å². The Balaban J connectivity index is 1.44. The fourth-order valence-electron chi connectivity index (χ4n) is 5.60. The molecule has 0 amide bonds. The molecule has 4 rings (SSSR count). The van der Waals surface area contributed by atoms with Crippen molar-refractivity contribution in [2.24, 2.45) is 23.7 Å². The number of esters is 1. The maximum atomic E-state index is 12.7. The van der Waals surface area contributed by atoms with E-state index in [0.717, 1.165) is 12.0 Å². The monoisotopic (exact) mass is 517 g/mol. The van der Waals surface area contributed by atoms with Gasteiger partial charge in [-0.25, -0.2) is 4.79 Å². The molecular formula is C26H32NO8P. The van der Waals surface area contributed by atoms with E-state index in [9.17, 15) is 19.7 Å². The number of nitrogens with zero attached hydrogens (tertiary/aromatic N) is 1. The van der Waals surface area contributed by atoms with E-state index in [1.165, 1.54) is 24.3 Å². The van der Waals surface area contributed by atoms with Gasteiger partial charge in [0.05, 0.1) is 17.4 Å². The number of ether oxygens (including phenoxy) is 3. The Labute approximate surface area is 212 Å². The molecule has 3 aliphatic rings. The molecule has 194 valence electrons. The van der Waals surface area contributed by atoms with Gasteiger partial charge < -0.3 is 18.7 Å². The van der Waals surface area contributed by atoms with Gasteiger partial charge in [0.1, 0.15) is 18.0 Å². The topological polar surface area (TPSA) is 114 Å². The van der Waals surface area contributed by atoms with Crippen molar-refractivity contribution in [1.82, 2.24) is 0 Å². The highest BCUT2D eigenvalue weighted by molar-refractivity contribution is 7.09. The SMILES string of the molecule is C[C@H]1C=C2C=C[C@H](C)[C@H](CC[C@@H]3C[C@@H](OP)CC(=O)O3)[C@H]2[C@@H](OC(=O)Oc2ccc([N+](=O)[O-])cc2)C1. The van der Waals surface area contributed by atoms with Crippen molar-refractivity contribution in [1.29, 1.82) is 0 Å². The van der Waals surface area contributed by atoms with E-state index >= 15 is 0 Å². The van der Waals surface area contributed by atoms with Crippen LogP contribution in [0.15, 0.2) is 48.1 Å². The molecule has 0 saturated carbocycles. The highest BCUT2D eigenvalue weighted by Crippen LogP contribution is 2.45. The number of carbonyl (C=O) groups is 2. The summed E-state index contributed by atoms with van der Waals surface area (Å²) in [7, 11) is 2.23. The summed E-state index contributed by atoms with van der Waals surface area (Å²) in [5.41, 5.74) is 1.06. The number of nitro groups is 1. The molecule has 36 heavy (non-hydrogen) atoms. The third-order valence-corrected chi connectivity index (χ3v) is 7.71. The minimum atomic E-state index is -0.829. The second-order valence-electron chi connectivity index (χ2n) is 9.93. The Morgan fingerprint density at radius 3 is 2.64 bits per heavy atom. The van der Waals surface area contributed by atoms with Crippen molar-refractivity contribution in [3.8, 4) is 5.75 Å². The number of fused-ring (bicyclic) bond motifs is 1. The molecule has 9 nitrogen and oxygen atoms in total. The number of non-ortho nitro benzene ring substituents is 1. The molecule has 1 heterocycles. The van der Waals surface area contributed by atoms with E-state index in [-0.39, 0.29) is 65.8 Å². The first-order chi connectivity index (χ1) is 17.2. The lowest BCUT2D eigenvalue weighted by Crippen LogP contribution is -2.42. The Morgan fingerprint density at radius 2 is 1.94 bits per heavy atom. The molecule has 1 saturated heterocycles. The van der Waals surface area contributed by atoms with Gasteiger partial charge in [-0.05, 0) is 54.7 Å². The molecule has 0 spiro atoms. The molecule has 0 radical (unpaired) electrons. The maximum absolute atomic E-state index is 12.7. The van der Waals surface area contributed by atoms with Crippen LogP contribution in [0.3, 0.4) is 0 Å². The number of nitro benzene ring substituents is 1. The van der Waals surface area contributed by atoms with Crippen LogP contribution in [0.1, 0.15) is 46.0 Å². The molecule has 8 atom stereocenters. The third-order valence-electron chi connectivity index (χ3n) is 7.32. The first-order valence-corrected chi connectivity index (χ1v) is 12.8. The van der Waals surface area contributed by atoms with Crippen LogP contribution in [0.5, 0.6) is 5.75 Å². The molecule has 1 aromatic rings. The summed E-state index contributed by atoms with van der Waals surface area (Å²) in [5, 5.41) is 10.9. The fourth-order valence-corrected chi connectivity index (χ4v) is 5.81. The summed E-state index contributed by atoms with van der Waals surface area (Å²) in [6.45, 7) is 4.25. The Hall–Kier alpha value is -2.77. The minimum absolute atomic E-state index is 0.00122. The Kier molecular flexibility index (Phi) is 8.42. The van der Waals surface area contributed by atoms with Gasteiger partial charge in [-0.1, -0.05) is 32.1 Å². The molecular weight excluding hydrogens is 485 g/mol. The zero-order valence-corrected chi connectivity index (χ0v) is 21.6. The molecule has 1 aromatic carbocycles. The normalized spacial score (nSPS) is 31.6. The fraction of sp³-hybridized carbons (Fsp3) is 0.538. The van der Waals surface area contributed by atoms with Gasteiger partial charge in [0.25, 0.3) is 5.69 Å². The molecule has 0 N–H and O–H groups in total. The number of carbonyl (C=O) groups excluding carboxylic acids is 2. The van der Waals surface area contributed by atoms with Crippen molar-refractivity contribution in [3.63, 3.8) is 0 Å². The number of rotatable bonds is 7. The van der Waals surface area contributed by atoms with Crippen molar-refractivity contribution < 1.29 is 33.2 Å². The maximum Gasteiger partial charge on any atom is 0.514 e. The average Bonchev–Trinajstić information content (AvgIpc) is 2.83. The number of hydrogen-bond acceptors (Lipinski definition) is 8. The second-order valence-corrected chi connectivity index (χ2v) is 10.2. The third kappa shape index (κ3) is 6.31. The summed E-state index contributed by atoms with van der Waals surface area (Å²) in [5.74, 6) is 0.624. The van der Waals surface area contributed by atoms with Crippen molar-refractivity contribution in [3.05, 3.63) is 58.2 Å². The predicted molar refractivity (Wildman–Crippen MR) is 134 cm³/mol. The van der Waals surface area contributed by atoms with Crippen molar-refractivity contribution in [2.45, 2.75) is 64.3 Å². The van der Waals surface area contributed by atoms with Gasteiger partial charge in [0, 0.05) is 33.9 Å². The van der Waals surface area contributed by atoms with Crippen molar-refractivity contribution >= 4 is 27.3 Å². The molecule has 2 aliphatic carbocycles. The quantitative estimate of drug-likeness (QED) is 0.152. The van der Waals surface area contributed by atoms with E-state index in [1.807, 2.05) is 0 Å². The zero-order valence-electron chi connectivity index (χ0n) is 20.4. The number of allylic oxidation sites excluding steroid dienone is 3. The highest BCUT2D eigenvalue weighted by atomic mass is 31.0. The summed E-state index contributed by atoms with van der Waals surface area (Å²) in [4.78, 5) is 35.0. The lowest BCUT2D eigenvalue weighted by Gasteiger charge is -2.43. The number of hydrogen-bond donors (Lipinski definition) is 0. The van der Waals surface area contributed by atoms with Crippen LogP contribution in [0.2, 0.25) is 0 Å². The summed E-state index contributed by atoms with van der Waals surface area (Å²) < 4.78 is 22.1. The van der Waals surface area contributed by atoms with Crippen LogP contribution >= 0.6 is 9.47 Å². The van der Waals surface area contributed by atoms with Crippen LogP contribution in [0, 0.1) is 33.8 Å². The standard InChI is InChI=1S/C26H32NO8P/c1-15-11-17-4-3-16(2)22(10-9-20-13-21(35-36)14-24(28)32-20)25(17)23(12-15)34-26(29)33-19-7-5-18(6-8-19)27(30)31/h3-8,11,15-16,20-23,25H,9-10,12-14,36H2,1-2H3/t15-,16-,20+,21+,22-,23-,25-/m0/s1. The van der Waals surface area contributed by atoms with Gasteiger partial charge >= 0.3 is 12.1 Å². The Bertz CT molecular complexity index is 1040. The lowest BCUT2D eigenvalue weighted by atomic mass is 9.65. The molecule has 0 aromatic heterocycles. The zero-order chi connectivity index (χ0) is 25.8. The smallest absolute Gasteiger partial charge is 0.462 e. The predicted octanol–water partition coefficient (Wildman–Crippen LogP) is 5.54. The molecule has 1 aliphatic heterocycles. The largest absolute Gasteiger partial charge is 0.514 e. The second kappa shape index (κ2) is 11.5. The molecule has 1 fully saturated rings. The first kappa shape index (κ1) is 26.3. The van der Waals surface area contributed by atoms with Gasteiger partial charge in [0.15, 0.2) is 0 Å². The Morgan fingerprint density at radius 1 is 1.19 bits per heavy atom. The van der Waals surface area contributed by atoms with Crippen molar-refractivity contribution in [2.75, 3.05) is 0 Å². The van der Waals surface area contributed by atoms with E-state index in [4.69, 9.17) is 18.7 Å². The summed E-state index contributed by atoms with van der Waals surface area (Å²) >= 11 is 0. The number of benzene rings is 1. The first-order valence-electron chi connectivity index (χ1n) is 12.3. The molecule has 1 unspecified atom stereocenters. The van der Waals surface area contributed by atoms with E-state index in [2.05, 4.69) is 41.5 Å². The van der Waals surface area contributed by atoms with Gasteiger partial charge in [-0.3, -0.25) is 14.9 Å². The average molecular weight is 518 g/mol. The van der Waals surface area contributed by atoms with E-state index in [1.54, 1.807) is 0 Å². The van der Waals surface area contributed by atoms with E-state index < -0.39 is 11.1 Å². The van der Waals surface area contributed by atoms with Gasteiger partial charge in [-0.2, -0.15) is 0 Å². The van der Waals surface area contributed by atoms with Crippen LogP contribution in [-0.4, -0.2) is 35.4 Å². The van der Waals surface area contributed by atoms with Crippen LogP contribution in [0.25, 0.3) is 0 Å². The molecule has 0 bridgehead atoms. The lowest BCUT2D eigenvalue weighted by molar-refractivity contribution is -0.384. The summed E-state index contributed by atoms with van der Waals surface area (Å²) in [6, 6.07) is 5.31. The minimum Gasteiger partial charge on any atom is -0.462 e. The summed E-state index contributed by atoms with van der Waals surface area (Å²) in [6.07, 6.45) is 8.11.